The molecule has 10 rings (SSSR count). The molecule has 0 fully saturated rings. The summed E-state index contributed by atoms with van der Waals surface area (Å²) in [6.07, 6.45) is 7.71. The molecular formula is C44H34N6O2. The fraction of sp³-hybridized carbons (Fsp3) is 0.136. The third-order valence-corrected chi connectivity index (χ3v) is 9.99. The van der Waals surface area contributed by atoms with Crippen molar-refractivity contribution in [2.75, 3.05) is 18.0 Å². The third-order valence-electron chi connectivity index (χ3n) is 9.99. The number of rotatable bonds is 7. The predicted octanol–water partition coefficient (Wildman–Crippen LogP) is 9.98. The number of aromatic nitrogens is 5. The van der Waals surface area contributed by atoms with E-state index in [1.807, 2.05) is 97.1 Å². The maximum atomic E-state index is 6.53. The second-order valence-electron chi connectivity index (χ2n) is 13.3. The lowest BCUT2D eigenvalue weighted by Crippen LogP contribution is -2.35. The Labute approximate surface area is 301 Å². The van der Waals surface area contributed by atoms with Gasteiger partial charge in [0, 0.05) is 59.5 Å². The molecule has 0 unspecified atom stereocenters. The molecule has 8 heteroatoms. The molecular weight excluding hydrogens is 645 g/mol. The molecule has 0 spiro atoms. The summed E-state index contributed by atoms with van der Waals surface area (Å²) >= 11 is 0. The van der Waals surface area contributed by atoms with Crippen LogP contribution in [0.3, 0.4) is 0 Å². The lowest BCUT2D eigenvalue weighted by molar-refractivity contribution is 0.483. The fourth-order valence-electron chi connectivity index (χ4n) is 7.66. The molecule has 8 aromatic rings. The molecule has 0 atom stereocenters. The Morgan fingerprint density at radius 3 is 1.52 bits per heavy atom. The lowest BCUT2D eigenvalue weighted by Gasteiger charge is -2.35. The normalized spacial score (nSPS) is 13.7. The van der Waals surface area contributed by atoms with Gasteiger partial charge in [0.25, 0.3) is 0 Å². The smallest absolute Gasteiger partial charge is 0.235 e. The summed E-state index contributed by atoms with van der Waals surface area (Å²) in [4.78, 5) is 22.1. The minimum absolute atomic E-state index is 0.682. The molecule has 0 N–H and O–H groups in total. The van der Waals surface area contributed by atoms with Crippen LogP contribution in [0, 0.1) is 0 Å². The van der Waals surface area contributed by atoms with E-state index in [0.29, 0.717) is 5.95 Å². The van der Waals surface area contributed by atoms with Crippen molar-refractivity contribution in [3.63, 3.8) is 0 Å². The molecule has 0 radical (unpaired) electrons. The van der Waals surface area contributed by atoms with Gasteiger partial charge in [-0.3, -0.25) is 14.5 Å². The van der Waals surface area contributed by atoms with Crippen LogP contribution in [-0.2, 0) is 12.8 Å². The standard InChI is InChI=1S/C44H34N6O2/c1-3-21-45-37(13-1)29-9-5-11-31(25-29)51-33-17-19-35-36-20-18-34(52-32-12-6-10-30(26-32)38-14-2-4-22-46-38)28-42(36)50(41(35)27-33)44-47-39-15-7-23-49-24-8-16-40(48-44)43(39)49/h1-6,9-14,17-22,25-28H,7-8,15-16,23-24H2. The van der Waals surface area contributed by atoms with Crippen molar-refractivity contribution in [1.82, 2.24) is 24.5 Å². The van der Waals surface area contributed by atoms with E-state index in [4.69, 9.17) is 19.4 Å². The van der Waals surface area contributed by atoms with Crippen molar-refractivity contribution >= 4 is 27.5 Å². The topological polar surface area (TPSA) is 78.2 Å². The van der Waals surface area contributed by atoms with E-state index in [9.17, 15) is 0 Å². The number of pyridine rings is 2. The zero-order chi connectivity index (χ0) is 34.4. The van der Waals surface area contributed by atoms with Gasteiger partial charge >= 0.3 is 0 Å². The van der Waals surface area contributed by atoms with Gasteiger partial charge in [-0.25, -0.2) is 9.97 Å². The highest BCUT2D eigenvalue weighted by atomic mass is 16.5. The number of fused-ring (bicyclic) bond motifs is 3. The van der Waals surface area contributed by atoms with Crippen LogP contribution in [0.2, 0.25) is 0 Å². The number of hydrogen-bond donors (Lipinski definition) is 0. The first-order chi connectivity index (χ1) is 25.7. The minimum atomic E-state index is 0.682. The average Bonchev–Trinajstić information content (AvgIpc) is 3.52. The Morgan fingerprint density at radius 1 is 0.500 bits per heavy atom. The van der Waals surface area contributed by atoms with Crippen molar-refractivity contribution in [3.05, 3.63) is 145 Å². The number of nitrogens with zero attached hydrogens (tertiary/aromatic N) is 6. The van der Waals surface area contributed by atoms with Gasteiger partial charge in [-0.05, 0) is 98.5 Å². The summed E-state index contributed by atoms with van der Waals surface area (Å²) in [5.74, 6) is 3.61. The molecule has 0 bridgehead atoms. The molecule has 6 heterocycles. The molecule has 2 aliphatic rings. The highest BCUT2D eigenvalue weighted by Gasteiger charge is 2.28. The summed E-state index contributed by atoms with van der Waals surface area (Å²) in [5, 5.41) is 2.18. The van der Waals surface area contributed by atoms with Gasteiger partial charge < -0.3 is 14.4 Å². The van der Waals surface area contributed by atoms with E-state index in [1.165, 1.54) is 5.69 Å². The van der Waals surface area contributed by atoms with E-state index < -0.39 is 0 Å². The molecule has 0 aliphatic carbocycles. The van der Waals surface area contributed by atoms with E-state index in [1.54, 1.807) is 12.4 Å². The molecule has 0 saturated carbocycles. The summed E-state index contributed by atoms with van der Waals surface area (Å²) in [7, 11) is 0. The van der Waals surface area contributed by atoms with Crippen LogP contribution in [0.15, 0.2) is 134 Å². The molecule has 252 valence electrons. The van der Waals surface area contributed by atoms with Crippen molar-refractivity contribution in [2.24, 2.45) is 0 Å². The van der Waals surface area contributed by atoms with Crippen LogP contribution in [0.25, 0.3) is 50.3 Å². The zero-order valence-electron chi connectivity index (χ0n) is 28.4. The first kappa shape index (κ1) is 30.3. The molecule has 4 aromatic carbocycles. The number of ether oxygens (including phenoxy) is 2. The van der Waals surface area contributed by atoms with Crippen molar-refractivity contribution in [3.8, 4) is 51.5 Å². The van der Waals surface area contributed by atoms with Crippen LogP contribution in [0.5, 0.6) is 23.0 Å². The van der Waals surface area contributed by atoms with Gasteiger partial charge in [0.1, 0.15) is 23.0 Å². The quantitative estimate of drug-likeness (QED) is 0.166. The van der Waals surface area contributed by atoms with Crippen molar-refractivity contribution in [2.45, 2.75) is 25.7 Å². The second-order valence-corrected chi connectivity index (χ2v) is 13.3. The van der Waals surface area contributed by atoms with Crippen molar-refractivity contribution < 1.29 is 9.47 Å². The highest BCUT2D eigenvalue weighted by Crippen LogP contribution is 2.40. The lowest BCUT2D eigenvalue weighted by atomic mass is 10.00. The van der Waals surface area contributed by atoms with Gasteiger partial charge in [0.05, 0.1) is 39.5 Å². The zero-order valence-corrected chi connectivity index (χ0v) is 28.4. The number of anilines is 1. The Hall–Kier alpha value is -6.54. The largest absolute Gasteiger partial charge is 0.457 e. The Bertz CT molecular complexity index is 2430. The predicted molar refractivity (Wildman–Crippen MR) is 205 cm³/mol. The molecule has 0 amide bonds. The summed E-state index contributed by atoms with van der Waals surface area (Å²) < 4.78 is 15.2. The molecule has 52 heavy (non-hydrogen) atoms. The van der Waals surface area contributed by atoms with Gasteiger partial charge in [-0.15, -0.1) is 0 Å². The van der Waals surface area contributed by atoms with Crippen LogP contribution in [-0.4, -0.2) is 37.6 Å². The monoisotopic (exact) mass is 678 g/mol. The summed E-state index contributed by atoms with van der Waals surface area (Å²) in [5.41, 5.74) is 9.26. The van der Waals surface area contributed by atoms with Crippen LogP contribution >= 0.6 is 0 Å². The maximum absolute atomic E-state index is 6.53. The molecule has 0 saturated heterocycles. The second kappa shape index (κ2) is 12.7. The SMILES string of the molecule is c1ccc(-c2cccc(Oc3ccc4c5ccc(Oc6cccc(-c7ccccn7)c6)cc5n(-c5nc6c7c(n5)CCCN7CCC6)c4c3)c2)nc1. The Morgan fingerprint density at radius 2 is 1.02 bits per heavy atom. The van der Waals surface area contributed by atoms with Crippen LogP contribution in [0.4, 0.5) is 5.69 Å². The number of hydrogen-bond acceptors (Lipinski definition) is 7. The maximum Gasteiger partial charge on any atom is 0.235 e. The van der Waals surface area contributed by atoms with Gasteiger partial charge in [-0.2, -0.15) is 0 Å². The van der Waals surface area contributed by atoms with Gasteiger partial charge in [0.15, 0.2) is 0 Å². The van der Waals surface area contributed by atoms with Crippen molar-refractivity contribution in [1.29, 1.82) is 0 Å². The van der Waals surface area contributed by atoms with Crippen LogP contribution < -0.4 is 14.4 Å². The minimum Gasteiger partial charge on any atom is -0.457 e. The van der Waals surface area contributed by atoms with E-state index in [2.05, 4.69) is 43.7 Å². The number of benzene rings is 4. The number of aryl methyl sites for hydroxylation is 2. The Balaban J connectivity index is 1.10. The summed E-state index contributed by atoms with van der Waals surface area (Å²) in [6.45, 7) is 2.14. The highest BCUT2D eigenvalue weighted by molar-refractivity contribution is 6.09. The van der Waals surface area contributed by atoms with Gasteiger partial charge in [0.2, 0.25) is 5.95 Å². The first-order valence-electron chi connectivity index (χ1n) is 17.9. The fourth-order valence-corrected chi connectivity index (χ4v) is 7.66. The molecule has 2 aliphatic heterocycles. The Kier molecular flexibility index (Phi) is 7.37. The molecule has 8 nitrogen and oxygen atoms in total. The average molecular weight is 679 g/mol. The van der Waals surface area contributed by atoms with Crippen LogP contribution in [0.1, 0.15) is 24.2 Å². The van der Waals surface area contributed by atoms with E-state index in [0.717, 1.165) is 117 Å². The van der Waals surface area contributed by atoms with E-state index in [-0.39, 0.29) is 0 Å². The third kappa shape index (κ3) is 5.49. The summed E-state index contributed by atoms with van der Waals surface area (Å²) in [6, 6.07) is 40.4. The van der Waals surface area contributed by atoms with Gasteiger partial charge in [-0.1, -0.05) is 36.4 Å². The molecule has 4 aromatic heterocycles. The van der Waals surface area contributed by atoms with E-state index >= 15 is 0 Å². The first-order valence-corrected chi connectivity index (χ1v) is 17.9.